The molecular formula is C13H13ClF3NO2. The number of ether oxygens (including phenoxy) is 1. The number of alkyl halides is 3. The Morgan fingerprint density at radius 2 is 2.05 bits per heavy atom. The summed E-state index contributed by atoms with van der Waals surface area (Å²) in [6.07, 6.45) is -2.79. The Morgan fingerprint density at radius 3 is 2.55 bits per heavy atom. The summed E-state index contributed by atoms with van der Waals surface area (Å²) in [5.41, 5.74) is -0.695. The van der Waals surface area contributed by atoms with Gasteiger partial charge in [-0.1, -0.05) is 11.6 Å². The molecule has 1 aromatic carbocycles. The van der Waals surface area contributed by atoms with Gasteiger partial charge in [0.05, 0.1) is 12.7 Å². The molecule has 1 unspecified atom stereocenters. The topological polar surface area (TPSA) is 38.3 Å². The van der Waals surface area contributed by atoms with Crippen LogP contribution in [0.15, 0.2) is 18.2 Å². The zero-order chi connectivity index (χ0) is 14.9. The molecular weight excluding hydrogens is 295 g/mol. The van der Waals surface area contributed by atoms with Crippen LogP contribution in [0.2, 0.25) is 5.02 Å². The van der Waals surface area contributed by atoms with Crippen molar-refractivity contribution in [3.63, 3.8) is 0 Å². The minimum atomic E-state index is -4.48. The van der Waals surface area contributed by atoms with Gasteiger partial charge >= 0.3 is 12.1 Å². The van der Waals surface area contributed by atoms with Crippen molar-refractivity contribution in [2.45, 2.75) is 25.1 Å². The Kier molecular flexibility index (Phi) is 4.13. The maximum atomic E-state index is 12.7. The SMILES string of the molecule is COC(=O)C(Nc1cc(Cl)cc(C(F)(F)F)c1)C1CC1. The van der Waals surface area contributed by atoms with Gasteiger partial charge in [0.2, 0.25) is 0 Å². The quantitative estimate of drug-likeness (QED) is 0.862. The molecule has 0 bridgehead atoms. The summed E-state index contributed by atoms with van der Waals surface area (Å²) in [6.45, 7) is 0. The molecule has 1 aliphatic carbocycles. The zero-order valence-corrected chi connectivity index (χ0v) is 11.4. The Hall–Kier alpha value is -1.43. The number of nitrogens with one attached hydrogen (secondary N) is 1. The molecule has 0 heterocycles. The van der Waals surface area contributed by atoms with Crippen molar-refractivity contribution in [2.75, 3.05) is 12.4 Å². The highest BCUT2D eigenvalue weighted by Crippen LogP contribution is 2.37. The molecule has 1 N–H and O–H groups in total. The largest absolute Gasteiger partial charge is 0.467 e. The number of rotatable bonds is 4. The van der Waals surface area contributed by atoms with E-state index in [1.165, 1.54) is 13.2 Å². The molecule has 0 saturated heterocycles. The normalized spacial score (nSPS) is 16.6. The van der Waals surface area contributed by atoms with E-state index < -0.39 is 23.8 Å². The van der Waals surface area contributed by atoms with E-state index in [1.54, 1.807) is 0 Å². The van der Waals surface area contributed by atoms with Crippen LogP contribution in [0.3, 0.4) is 0 Å². The van der Waals surface area contributed by atoms with Gasteiger partial charge in [0.1, 0.15) is 6.04 Å². The molecule has 3 nitrogen and oxygen atoms in total. The van der Waals surface area contributed by atoms with Crippen molar-refractivity contribution >= 4 is 23.3 Å². The second kappa shape index (κ2) is 5.52. The first-order valence-electron chi connectivity index (χ1n) is 6.03. The third kappa shape index (κ3) is 3.56. The van der Waals surface area contributed by atoms with E-state index >= 15 is 0 Å². The average Bonchev–Trinajstić information content (AvgIpc) is 3.17. The predicted octanol–water partition coefficient (Wildman–Crippen LogP) is 3.72. The van der Waals surface area contributed by atoms with Gasteiger partial charge in [0.15, 0.2) is 0 Å². The third-order valence-electron chi connectivity index (χ3n) is 3.10. The van der Waals surface area contributed by atoms with Crippen LogP contribution in [0, 0.1) is 5.92 Å². The molecule has 1 atom stereocenters. The van der Waals surface area contributed by atoms with Crippen molar-refractivity contribution in [1.82, 2.24) is 0 Å². The minimum absolute atomic E-state index is 0.0401. The summed E-state index contributed by atoms with van der Waals surface area (Å²) in [7, 11) is 1.25. The van der Waals surface area contributed by atoms with Crippen LogP contribution >= 0.6 is 11.6 Å². The van der Waals surface area contributed by atoms with Crippen LogP contribution in [0.1, 0.15) is 18.4 Å². The fourth-order valence-corrected chi connectivity index (χ4v) is 2.18. The third-order valence-corrected chi connectivity index (χ3v) is 3.31. The van der Waals surface area contributed by atoms with Crippen LogP contribution in [0.4, 0.5) is 18.9 Å². The summed E-state index contributed by atoms with van der Waals surface area (Å²) < 4.78 is 42.8. The molecule has 1 fully saturated rings. The zero-order valence-electron chi connectivity index (χ0n) is 10.6. The van der Waals surface area contributed by atoms with E-state index in [0.717, 1.165) is 25.0 Å². The van der Waals surface area contributed by atoms with Crippen LogP contribution in [-0.2, 0) is 15.7 Å². The second-order valence-corrected chi connectivity index (χ2v) is 5.15. The molecule has 7 heteroatoms. The highest BCUT2D eigenvalue weighted by Gasteiger charge is 2.37. The Balaban J connectivity index is 2.23. The first-order chi connectivity index (χ1) is 9.31. The minimum Gasteiger partial charge on any atom is -0.467 e. The van der Waals surface area contributed by atoms with Crippen molar-refractivity contribution in [1.29, 1.82) is 0 Å². The lowest BCUT2D eigenvalue weighted by Crippen LogP contribution is -2.32. The van der Waals surface area contributed by atoms with Crippen molar-refractivity contribution in [3.8, 4) is 0 Å². The molecule has 1 aromatic rings. The number of carbonyl (C=O) groups excluding carboxylic acids is 1. The number of halogens is 4. The monoisotopic (exact) mass is 307 g/mol. The smallest absolute Gasteiger partial charge is 0.416 e. The lowest BCUT2D eigenvalue weighted by atomic mass is 10.1. The molecule has 20 heavy (non-hydrogen) atoms. The van der Waals surface area contributed by atoms with Gasteiger partial charge < -0.3 is 10.1 Å². The number of esters is 1. The summed E-state index contributed by atoms with van der Waals surface area (Å²) in [4.78, 5) is 11.6. The van der Waals surface area contributed by atoms with Crippen LogP contribution < -0.4 is 5.32 Å². The van der Waals surface area contributed by atoms with E-state index in [1.807, 2.05) is 0 Å². The van der Waals surface area contributed by atoms with Gasteiger partial charge in [-0.15, -0.1) is 0 Å². The predicted molar refractivity (Wildman–Crippen MR) is 68.6 cm³/mol. The van der Waals surface area contributed by atoms with Crippen molar-refractivity contribution < 1.29 is 22.7 Å². The number of hydrogen-bond acceptors (Lipinski definition) is 3. The Bertz CT molecular complexity index is 515. The summed E-state index contributed by atoms with van der Waals surface area (Å²) in [5, 5.41) is 2.75. The van der Waals surface area contributed by atoms with Gasteiger partial charge in [0.25, 0.3) is 0 Å². The number of benzene rings is 1. The molecule has 1 aliphatic rings. The first-order valence-corrected chi connectivity index (χ1v) is 6.41. The number of carbonyl (C=O) groups is 1. The van der Waals surface area contributed by atoms with E-state index in [2.05, 4.69) is 10.1 Å². The molecule has 0 radical (unpaired) electrons. The van der Waals surface area contributed by atoms with Gasteiger partial charge in [-0.25, -0.2) is 4.79 Å². The highest BCUT2D eigenvalue weighted by molar-refractivity contribution is 6.31. The number of anilines is 1. The summed E-state index contributed by atoms with van der Waals surface area (Å²) >= 11 is 5.69. The molecule has 2 rings (SSSR count). The van der Waals surface area contributed by atoms with Gasteiger partial charge in [-0.05, 0) is 37.0 Å². The standard InChI is InChI=1S/C13H13ClF3NO2/c1-20-12(19)11(7-2-3-7)18-10-5-8(13(15,16)17)4-9(14)6-10/h4-7,11,18H,2-3H2,1H3. The number of methoxy groups -OCH3 is 1. The van der Waals surface area contributed by atoms with Crippen LogP contribution in [-0.4, -0.2) is 19.1 Å². The maximum absolute atomic E-state index is 12.7. The van der Waals surface area contributed by atoms with E-state index in [9.17, 15) is 18.0 Å². The molecule has 110 valence electrons. The Morgan fingerprint density at radius 1 is 1.40 bits per heavy atom. The van der Waals surface area contributed by atoms with E-state index in [-0.39, 0.29) is 16.6 Å². The average molecular weight is 308 g/mol. The molecule has 0 spiro atoms. The Labute approximate surface area is 119 Å². The molecule has 0 aliphatic heterocycles. The van der Waals surface area contributed by atoms with Crippen LogP contribution in [0.5, 0.6) is 0 Å². The first kappa shape index (κ1) is 15.0. The van der Waals surface area contributed by atoms with Gasteiger partial charge in [0, 0.05) is 10.7 Å². The lowest BCUT2D eigenvalue weighted by Gasteiger charge is -2.18. The van der Waals surface area contributed by atoms with Crippen molar-refractivity contribution in [3.05, 3.63) is 28.8 Å². The van der Waals surface area contributed by atoms with E-state index in [4.69, 9.17) is 11.6 Å². The van der Waals surface area contributed by atoms with Gasteiger partial charge in [-0.2, -0.15) is 13.2 Å². The highest BCUT2D eigenvalue weighted by atomic mass is 35.5. The van der Waals surface area contributed by atoms with Gasteiger partial charge in [-0.3, -0.25) is 0 Å². The molecule has 0 aromatic heterocycles. The fourth-order valence-electron chi connectivity index (χ4n) is 1.94. The fraction of sp³-hybridized carbons (Fsp3) is 0.462. The second-order valence-electron chi connectivity index (χ2n) is 4.71. The summed E-state index contributed by atoms with van der Waals surface area (Å²) in [6, 6.07) is 2.50. The number of hydrogen-bond donors (Lipinski definition) is 1. The maximum Gasteiger partial charge on any atom is 0.416 e. The van der Waals surface area contributed by atoms with E-state index in [0.29, 0.717) is 0 Å². The molecule has 0 amide bonds. The van der Waals surface area contributed by atoms with Crippen molar-refractivity contribution in [2.24, 2.45) is 5.92 Å². The summed E-state index contributed by atoms with van der Waals surface area (Å²) in [5.74, 6) is -0.392. The lowest BCUT2D eigenvalue weighted by molar-refractivity contribution is -0.142. The van der Waals surface area contributed by atoms with Crippen LogP contribution in [0.25, 0.3) is 0 Å². The molecule has 1 saturated carbocycles.